The van der Waals surface area contributed by atoms with Gasteiger partial charge >= 0.3 is 0 Å². The minimum absolute atomic E-state index is 0.0949. The number of para-hydroxylation sites is 2. The average molecular weight is 334 g/mol. The smallest absolute Gasteiger partial charge is 0.161 e. The summed E-state index contributed by atoms with van der Waals surface area (Å²) in [5.74, 6) is 1.60. The molecule has 0 heterocycles. The maximum Gasteiger partial charge on any atom is 0.161 e. The number of hydrogen-bond donors (Lipinski definition) is 0. The summed E-state index contributed by atoms with van der Waals surface area (Å²) in [6, 6.07) is 7.92. The summed E-state index contributed by atoms with van der Waals surface area (Å²) in [6.07, 6.45) is 6.76. The quantitative estimate of drug-likeness (QED) is 0.637. The van der Waals surface area contributed by atoms with Crippen molar-refractivity contribution < 1.29 is 18.9 Å². The lowest BCUT2D eigenvalue weighted by atomic mass is 9.80. The van der Waals surface area contributed by atoms with Crippen LogP contribution in [0.15, 0.2) is 24.3 Å². The van der Waals surface area contributed by atoms with Gasteiger partial charge < -0.3 is 18.9 Å². The van der Waals surface area contributed by atoms with E-state index in [1.807, 2.05) is 38.1 Å². The normalized spacial score (nSPS) is 20.8. The Morgan fingerprint density at radius 2 is 1.17 bits per heavy atom. The molecule has 0 radical (unpaired) electrons. The van der Waals surface area contributed by atoms with Crippen LogP contribution in [0.3, 0.4) is 0 Å². The first-order chi connectivity index (χ1) is 11.7. The highest BCUT2D eigenvalue weighted by molar-refractivity contribution is 5.39. The topological polar surface area (TPSA) is 36.9 Å². The molecule has 0 spiro atoms. The van der Waals surface area contributed by atoms with Crippen LogP contribution in [0, 0.1) is 0 Å². The Labute approximate surface area is 145 Å². The van der Waals surface area contributed by atoms with Crippen molar-refractivity contribution in [2.24, 2.45) is 0 Å². The van der Waals surface area contributed by atoms with Gasteiger partial charge in [0, 0.05) is 13.2 Å². The fourth-order valence-electron chi connectivity index (χ4n) is 3.52. The third-order valence-corrected chi connectivity index (χ3v) is 5.26. The van der Waals surface area contributed by atoms with Crippen molar-refractivity contribution in [2.45, 2.75) is 63.6 Å². The molecule has 0 aromatic heterocycles. The first-order valence-electron chi connectivity index (χ1n) is 9.33. The van der Waals surface area contributed by atoms with Crippen molar-refractivity contribution >= 4 is 0 Å². The van der Waals surface area contributed by atoms with Gasteiger partial charge in [0.1, 0.15) is 24.4 Å². The van der Waals surface area contributed by atoms with Gasteiger partial charge in [-0.15, -0.1) is 0 Å². The fraction of sp³-hybridized carbons (Fsp3) is 0.700. The molecule has 1 aromatic carbocycles. The minimum atomic E-state index is -0.0949. The Morgan fingerprint density at radius 3 is 1.46 bits per heavy atom. The first-order valence-corrected chi connectivity index (χ1v) is 9.33. The molecule has 0 unspecified atom stereocenters. The molecule has 134 valence electrons. The molecule has 0 N–H and O–H groups in total. The van der Waals surface area contributed by atoms with Crippen LogP contribution in [-0.2, 0) is 9.47 Å². The Bertz CT molecular complexity index is 473. The predicted molar refractivity (Wildman–Crippen MR) is 93.8 cm³/mol. The van der Waals surface area contributed by atoms with E-state index in [9.17, 15) is 0 Å². The van der Waals surface area contributed by atoms with E-state index in [4.69, 9.17) is 18.9 Å². The SMILES string of the molecule is CCOC1(COc2ccccc2OCC2(OCC)CCC2)CCC1. The van der Waals surface area contributed by atoms with Crippen LogP contribution in [-0.4, -0.2) is 37.6 Å². The van der Waals surface area contributed by atoms with Crippen LogP contribution in [0.25, 0.3) is 0 Å². The summed E-state index contributed by atoms with van der Waals surface area (Å²) >= 11 is 0. The number of hydrogen-bond acceptors (Lipinski definition) is 4. The van der Waals surface area contributed by atoms with Crippen LogP contribution < -0.4 is 9.47 Å². The van der Waals surface area contributed by atoms with Crippen LogP contribution in [0.2, 0.25) is 0 Å². The maximum absolute atomic E-state index is 6.08. The molecule has 3 rings (SSSR count). The Kier molecular flexibility index (Phi) is 5.67. The molecule has 0 bridgehead atoms. The second-order valence-electron chi connectivity index (χ2n) is 6.96. The van der Waals surface area contributed by atoms with Crippen LogP contribution in [0.5, 0.6) is 11.5 Å². The van der Waals surface area contributed by atoms with E-state index < -0.39 is 0 Å². The molecule has 2 aliphatic rings. The zero-order valence-corrected chi connectivity index (χ0v) is 15.0. The number of rotatable bonds is 10. The second-order valence-corrected chi connectivity index (χ2v) is 6.96. The summed E-state index contributed by atoms with van der Waals surface area (Å²) in [5, 5.41) is 0. The molecular formula is C20H30O4. The Morgan fingerprint density at radius 1 is 0.750 bits per heavy atom. The number of ether oxygens (including phenoxy) is 4. The van der Waals surface area contributed by atoms with E-state index in [0.717, 1.165) is 50.4 Å². The molecule has 2 aliphatic carbocycles. The van der Waals surface area contributed by atoms with Crippen molar-refractivity contribution in [1.82, 2.24) is 0 Å². The Hall–Kier alpha value is -1.26. The van der Waals surface area contributed by atoms with Gasteiger partial charge in [-0.2, -0.15) is 0 Å². The van der Waals surface area contributed by atoms with Gasteiger partial charge in [-0.05, 0) is 64.5 Å². The average Bonchev–Trinajstić information content (AvgIpc) is 2.53. The minimum Gasteiger partial charge on any atom is -0.487 e. The van der Waals surface area contributed by atoms with E-state index in [2.05, 4.69) is 0 Å². The molecule has 0 amide bonds. The van der Waals surface area contributed by atoms with E-state index in [1.54, 1.807) is 0 Å². The summed E-state index contributed by atoms with van der Waals surface area (Å²) < 4.78 is 24.0. The first kappa shape index (κ1) is 17.6. The molecule has 0 atom stereocenters. The van der Waals surface area contributed by atoms with Gasteiger partial charge in [-0.3, -0.25) is 0 Å². The monoisotopic (exact) mass is 334 g/mol. The van der Waals surface area contributed by atoms with Gasteiger partial charge in [0.25, 0.3) is 0 Å². The molecule has 0 saturated heterocycles. The fourth-order valence-corrected chi connectivity index (χ4v) is 3.52. The molecule has 2 saturated carbocycles. The standard InChI is InChI=1S/C20H30O4/c1-3-23-19(11-7-12-19)15-21-17-9-5-6-10-18(17)22-16-20(24-4-2)13-8-14-20/h5-6,9-10H,3-4,7-8,11-16H2,1-2H3. The van der Waals surface area contributed by atoms with Crippen molar-refractivity contribution in [1.29, 1.82) is 0 Å². The summed E-state index contributed by atoms with van der Waals surface area (Å²) in [6.45, 7) is 6.75. The summed E-state index contributed by atoms with van der Waals surface area (Å²) in [4.78, 5) is 0. The van der Waals surface area contributed by atoms with E-state index >= 15 is 0 Å². The lowest BCUT2D eigenvalue weighted by Gasteiger charge is -2.41. The highest BCUT2D eigenvalue weighted by Gasteiger charge is 2.40. The van der Waals surface area contributed by atoms with Gasteiger partial charge in [0.15, 0.2) is 11.5 Å². The summed E-state index contributed by atoms with van der Waals surface area (Å²) in [5.41, 5.74) is -0.190. The lowest BCUT2D eigenvalue weighted by molar-refractivity contribution is -0.122. The van der Waals surface area contributed by atoms with Crippen molar-refractivity contribution in [3.05, 3.63) is 24.3 Å². The van der Waals surface area contributed by atoms with Gasteiger partial charge in [0.05, 0.1) is 0 Å². The van der Waals surface area contributed by atoms with E-state index in [1.165, 1.54) is 12.8 Å². The highest BCUT2D eigenvalue weighted by Crippen LogP contribution is 2.39. The largest absolute Gasteiger partial charge is 0.487 e. The zero-order valence-electron chi connectivity index (χ0n) is 15.0. The van der Waals surface area contributed by atoms with Gasteiger partial charge in [0.2, 0.25) is 0 Å². The lowest BCUT2D eigenvalue weighted by Crippen LogP contribution is -2.46. The van der Waals surface area contributed by atoms with E-state index in [0.29, 0.717) is 13.2 Å². The summed E-state index contributed by atoms with van der Waals surface area (Å²) in [7, 11) is 0. The molecule has 0 aliphatic heterocycles. The van der Waals surface area contributed by atoms with Crippen molar-refractivity contribution in [3.8, 4) is 11.5 Å². The van der Waals surface area contributed by atoms with Crippen molar-refractivity contribution in [3.63, 3.8) is 0 Å². The van der Waals surface area contributed by atoms with Crippen LogP contribution in [0.4, 0.5) is 0 Å². The predicted octanol–water partition coefficient (Wildman–Crippen LogP) is 4.36. The molecule has 2 fully saturated rings. The van der Waals surface area contributed by atoms with Gasteiger partial charge in [-0.1, -0.05) is 12.1 Å². The van der Waals surface area contributed by atoms with E-state index in [-0.39, 0.29) is 11.2 Å². The molecule has 24 heavy (non-hydrogen) atoms. The highest BCUT2D eigenvalue weighted by atomic mass is 16.6. The van der Waals surface area contributed by atoms with Gasteiger partial charge in [-0.25, -0.2) is 0 Å². The zero-order chi connectivity index (χ0) is 16.9. The second kappa shape index (κ2) is 7.75. The molecule has 4 nitrogen and oxygen atoms in total. The van der Waals surface area contributed by atoms with Crippen LogP contribution >= 0.6 is 0 Å². The number of benzene rings is 1. The molecule has 4 heteroatoms. The third kappa shape index (κ3) is 3.86. The Balaban J connectivity index is 1.58. The maximum atomic E-state index is 6.08. The molecule has 1 aromatic rings. The van der Waals surface area contributed by atoms with Crippen molar-refractivity contribution in [2.75, 3.05) is 26.4 Å². The third-order valence-electron chi connectivity index (χ3n) is 5.26. The molecular weight excluding hydrogens is 304 g/mol. The van der Waals surface area contributed by atoms with Crippen LogP contribution in [0.1, 0.15) is 52.4 Å².